The molecule has 1 fully saturated rings. The number of fused-ring (bicyclic) bond motifs is 3. The number of sulfonamides is 1. The zero-order valence-corrected chi connectivity index (χ0v) is 60.1. The SMILES string of the molecule is CCCNC(=O)Nc1cccc(S(=O)(=O)Nc2cccc([C@@H](CC(=O)O)NC(=O)Nc3ccc(NC(=O)N(C)CCN(C)CCN(C)CC(=O)N[C@@H]([SiH2]CC(N)=O)C(=O)N4CCC[C@H]4C(=O)N[C@H](C(=O)Nc4nc5ccccc5c5c4nc(COCC)n5CC(C)(C)O)C(C)C)cc3)c2)c1. The van der Waals surface area contributed by atoms with Crippen LogP contribution in [0.1, 0.15) is 84.7 Å². The summed E-state index contributed by atoms with van der Waals surface area (Å²) < 4.78 is 36.9. The number of aromatic nitrogens is 3. The molecule has 0 bridgehead atoms. The van der Waals surface area contributed by atoms with E-state index in [-0.39, 0.29) is 66.4 Å². The van der Waals surface area contributed by atoms with Gasteiger partial charge in [0.15, 0.2) is 5.82 Å². The summed E-state index contributed by atoms with van der Waals surface area (Å²) in [4.78, 5) is 136. The molecule has 100 heavy (non-hydrogen) atoms. The van der Waals surface area contributed by atoms with E-state index < -0.39 is 115 Å². The molecule has 1 aliphatic rings. The number of likely N-dealkylation sites (tertiary alicyclic amines) is 1. The van der Waals surface area contributed by atoms with E-state index in [1.165, 1.54) is 70.5 Å². The average Bonchev–Trinajstić information content (AvgIpc) is 1.58. The van der Waals surface area contributed by atoms with Crippen LogP contribution in [0.5, 0.6) is 0 Å². The number of carboxylic acids is 1. The number of nitrogens with zero attached hydrogens (tertiary/aromatic N) is 7. The zero-order chi connectivity index (χ0) is 73.0. The number of hydrogen-bond donors (Lipinski definition) is 12. The Bertz CT molecular complexity index is 4020. The molecule has 0 unspecified atom stereocenters. The van der Waals surface area contributed by atoms with Crippen LogP contribution in [-0.2, 0) is 56.7 Å². The van der Waals surface area contributed by atoms with Crippen molar-refractivity contribution in [2.75, 3.05) is 99.6 Å². The fraction of sp³-hybridized carbons (Fsp3) is 0.448. The van der Waals surface area contributed by atoms with Crippen LogP contribution in [0.3, 0.4) is 0 Å². The van der Waals surface area contributed by atoms with Gasteiger partial charge in [0.05, 0.1) is 62.3 Å². The number of pyridine rings is 1. The fourth-order valence-electron chi connectivity index (χ4n) is 11.1. The number of ether oxygens (including phenoxy) is 1. The van der Waals surface area contributed by atoms with Crippen molar-refractivity contribution in [2.45, 2.75) is 121 Å². The van der Waals surface area contributed by atoms with E-state index in [4.69, 9.17) is 20.4 Å². The van der Waals surface area contributed by atoms with Crippen molar-refractivity contribution in [3.05, 3.63) is 108 Å². The summed E-state index contributed by atoms with van der Waals surface area (Å²) in [5.74, 6) is -3.77. The van der Waals surface area contributed by atoms with Crippen LogP contribution in [0.25, 0.3) is 21.9 Å². The number of carboxylic acid groups (broad SMARTS) is 1. The van der Waals surface area contributed by atoms with Gasteiger partial charge in [-0.25, -0.2) is 32.8 Å². The van der Waals surface area contributed by atoms with E-state index in [0.29, 0.717) is 85.9 Å². The van der Waals surface area contributed by atoms with Gasteiger partial charge in [-0.3, -0.25) is 38.4 Å². The number of urea groups is 3. The molecule has 0 aliphatic carbocycles. The number of imidazole rings is 1. The summed E-state index contributed by atoms with van der Waals surface area (Å²) in [5.41, 5.74) is 6.24. The van der Waals surface area contributed by atoms with E-state index in [9.17, 15) is 61.8 Å². The molecule has 1 aliphatic heterocycles. The maximum absolute atomic E-state index is 14.4. The summed E-state index contributed by atoms with van der Waals surface area (Å²) in [7, 11) is -0.690. The number of carbonyl (C=O) groups is 9. The topological polar surface area (TPSA) is 415 Å². The molecule has 3 heterocycles. The molecule has 540 valence electrons. The molecule has 0 saturated carbocycles. The summed E-state index contributed by atoms with van der Waals surface area (Å²) in [6, 6.07) is 20.1. The number of primary amides is 1. The normalized spacial score (nSPS) is 14.2. The molecule has 11 amide bonds. The van der Waals surface area contributed by atoms with Crippen LogP contribution in [0, 0.1) is 5.92 Å². The molecule has 6 aromatic rings. The lowest BCUT2D eigenvalue weighted by molar-refractivity contribution is -0.140. The molecule has 0 radical (unpaired) electrons. The summed E-state index contributed by atoms with van der Waals surface area (Å²) in [6.45, 7) is 13.5. The number of aliphatic hydroxyl groups is 1. The third-order valence-electron chi connectivity index (χ3n) is 16.3. The Hall–Kier alpha value is -9.80. The number of nitrogens with one attached hydrogen (secondary N) is 9. The molecule has 1 saturated heterocycles. The van der Waals surface area contributed by atoms with Gasteiger partial charge in [0.2, 0.25) is 29.5 Å². The van der Waals surface area contributed by atoms with E-state index >= 15 is 0 Å². The van der Waals surface area contributed by atoms with E-state index in [2.05, 4.69) is 47.3 Å². The van der Waals surface area contributed by atoms with Gasteiger partial charge < -0.3 is 82.5 Å². The van der Waals surface area contributed by atoms with Gasteiger partial charge in [0.1, 0.15) is 30.0 Å². The van der Waals surface area contributed by atoms with E-state index in [1.807, 2.05) is 48.6 Å². The first-order valence-electron chi connectivity index (χ1n) is 33.1. The second kappa shape index (κ2) is 35.8. The lowest BCUT2D eigenvalue weighted by Crippen LogP contribution is -2.58. The van der Waals surface area contributed by atoms with Crippen LogP contribution < -0.4 is 53.0 Å². The Morgan fingerprint density at radius 1 is 0.780 bits per heavy atom. The highest BCUT2D eigenvalue weighted by Gasteiger charge is 2.40. The Kier molecular flexibility index (Phi) is 27.8. The number of likely N-dealkylation sites (N-methyl/N-ethyl adjacent to an activating group) is 3. The molecular formula is C67H93N17O14SSi. The molecular weight excluding hydrogens is 1330 g/mol. The largest absolute Gasteiger partial charge is 0.481 e. The second-order valence-electron chi connectivity index (χ2n) is 25.6. The minimum atomic E-state index is -4.19. The van der Waals surface area contributed by atoms with Crippen molar-refractivity contribution >= 4 is 124 Å². The van der Waals surface area contributed by atoms with Crippen molar-refractivity contribution in [1.29, 1.82) is 0 Å². The maximum atomic E-state index is 14.4. The van der Waals surface area contributed by atoms with Crippen LogP contribution in [-0.4, -0.2) is 213 Å². The highest BCUT2D eigenvalue weighted by atomic mass is 32.2. The third-order valence-corrected chi connectivity index (χ3v) is 19.6. The molecule has 13 N–H and O–H groups in total. The Balaban J connectivity index is 0.866. The number of rotatable bonds is 35. The van der Waals surface area contributed by atoms with E-state index in [0.717, 1.165) is 5.39 Å². The lowest BCUT2D eigenvalue weighted by atomic mass is 10.0. The van der Waals surface area contributed by atoms with Crippen LogP contribution in [0.2, 0.25) is 6.04 Å². The molecule has 4 aromatic carbocycles. The van der Waals surface area contributed by atoms with Gasteiger partial charge in [-0.1, -0.05) is 57.2 Å². The number of anilines is 5. The first-order chi connectivity index (χ1) is 47.4. The Morgan fingerprint density at radius 2 is 1.45 bits per heavy atom. The molecule has 7 rings (SSSR count). The van der Waals surface area contributed by atoms with Gasteiger partial charge in [0, 0.05) is 87.1 Å². The third kappa shape index (κ3) is 22.6. The quantitative estimate of drug-likeness (QED) is 0.0248. The van der Waals surface area contributed by atoms with Gasteiger partial charge in [0.25, 0.3) is 10.0 Å². The monoisotopic (exact) mass is 1420 g/mol. The van der Waals surface area contributed by atoms with Gasteiger partial charge >= 0.3 is 24.1 Å². The smallest absolute Gasteiger partial charge is 0.321 e. The molecule has 4 atom stereocenters. The minimum absolute atomic E-state index is 0.0866. The van der Waals surface area contributed by atoms with Crippen molar-refractivity contribution in [3.63, 3.8) is 0 Å². The number of hydrogen-bond acceptors (Lipinski definition) is 17. The highest BCUT2D eigenvalue weighted by molar-refractivity contribution is 7.92. The second-order valence-corrected chi connectivity index (χ2v) is 29.2. The maximum Gasteiger partial charge on any atom is 0.321 e. The highest BCUT2D eigenvalue weighted by Crippen LogP contribution is 2.33. The molecule has 31 nitrogen and oxygen atoms in total. The standard InChI is InChI=1S/C67H93N17O14SSi/c1-10-28-69-64(92)71-45-18-15-20-47(35-45)99(96,97)79-46-19-14-17-42(34-46)50(36-55(87)88)74-65(93)70-43-24-26-44(27-25-43)72-66(94)82(9)33-32-80(7)30-31-81(8)37-54(86)76-62(100-39-52(68)85)63(91)83-29-16-23-51(83)60(89)77-56(41(3)4)61(90)78-59-57-58(48-21-12-13-22-49(48)73-59)84(40-67(5,6)95)53(75-57)38-98-11-2/h12-15,17-22,24-27,34-35,41,50-51,56,62,79,95H,10-11,16,23,28-33,36-40,100H2,1-9H3,(H2,68,85)(H,72,94)(H,76,86)(H,77,89)(H,87,88)(H2,69,71,92)(H2,70,74,93)(H,73,78,90)/t50-,51+,56+,62+/m1/s1. The van der Waals surface area contributed by atoms with Crippen LogP contribution in [0.15, 0.2) is 102 Å². The number of amides is 11. The van der Waals surface area contributed by atoms with Crippen LogP contribution >= 0.6 is 0 Å². The predicted octanol–water partition coefficient (Wildman–Crippen LogP) is 4.17. The van der Waals surface area contributed by atoms with Gasteiger partial charge in [-0.2, -0.15) is 0 Å². The first kappa shape index (κ1) is 77.5. The summed E-state index contributed by atoms with van der Waals surface area (Å²) >= 11 is 0. The zero-order valence-electron chi connectivity index (χ0n) is 57.8. The Labute approximate surface area is 583 Å². The molecule has 33 heteroatoms. The Morgan fingerprint density at radius 3 is 2.13 bits per heavy atom. The number of aliphatic carboxylic acids is 1. The molecule has 2 aromatic heterocycles. The predicted molar refractivity (Wildman–Crippen MR) is 383 cm³/mol. The first-order valence-corrected chi connectivity index (χ1v) is 36.4. The average molecular weight is 1420 g/mol. The number of benzene rings is 4. The van der Waals surface area contributed by atoms with Crippen molar-refractivity contribution < 1.29 is 66.5 Å². The van der Waals surface area contributed by atoms with Crippen LogP contribution in [0.4, 0.5) is 43.0 Å². The number of carbonyl (C=O) groups excluding carboxylic acids is 8. The fourth-order valence-corrected chi connectivity index (χ4v) is 13.6. The van der Waals surface area contributed by atoms with Crippen molar-refractivity contribution in [2.24, 2.45) is 11.7 Å². The summed E-state index contributed by atoms with van der Waals surface area (Å²) in [5, 5.41) is 43.4. The van der Waals surface area contributed by atoms with Gasteiger partial charge in [-0.15, -0.1) is 0 Å². The van der Waals surface area contributed by atoms with Gasteiger partial charge in [-0.05, 0) is 126 Å². The minimum Gasteiger partial charge on any atom is -0.481 e. The van der Waals surface area contributed by atoms with E-state index in [1.54, 1.807) is 64.9 Å². The lowest BCUT2D eigenvalue weighted by Gasteiger charge is -2.30. The van der Waals surface area contributed by atoms with Crippen molar-refractivity contribution in [1.82, 2.24) is 55.4 Å². The number of para-hydroxylation sites is 1. The van der Waals surface area contributed by atoms with Crippen molar-refractivity contribution in [3.8, 4) is 0 Å². The number of nitrogens with two attached hydrogens (primary N) is 1. The molecule has 0 spiro atoms. The summed E-state index contributed by atoms with van der Waals surface area (Å²) in [6.07, 6.45) is 0.910.